The number of fused-ring (bicyclic) bond motifs is 1. The second-order valence-corrected chi connectivity index (χ2v) is 6.32. The lowest BCUT2D eigenvalue weighted by Gasteiger charge is -2.39. The number of nitrogens with one attached hydrogen (secondary N) is 1. The first-order valence-electron chi connectivity index (χ1n) is 7.94. The molecule has 3 heteroatoms. The number of halogens is 1. The predicted molar refractivity (Wildman–Crippen MR) is 81.6 cm³/mol. The normalized spacial score (nSPS) is 27.4. The van der Waals surface area contributed by atoms with Crippen molar-refractivity contribution in [3.8, 4) is 0 Å². The average Bonchev–Trinajstić information content (AvgIpc) is 2.95. The Morgan fingerprint density at radius 2 is 2.05 bits per heavy atom. The van der Waals surface area contributed by atoms with Gasteiger partial charge in [0.25, 0.3) is 0 Å². The second-order valence-electron chi connectivity index (χ2n) is 6.32. The zero-order chi connectivity index (χ0) is 14.1. The highest BCUT2D eigenvalue weighted by Gasteiger charge is 2.35. The number of nitrogens with zero attached hydrogens (tertiary/aromatic N) is 1. The highest BCUT2D eigenvalue weighted by atomic mass is 19.1. The molecule has 3 atom stereocenters. The third kappa shape index (κ3) is 2.44. The molecule has 1 aliphatic heterocycles. The van der Waals surface area contributed by atoms with Crippen molar-refractivity contribution < 1.29 is 4.39 Å². The van der Waals surface area contributed by atoms with Gasteiger partial charge in [-0.3, -0.25) is 0 Å². The van der Waals surface area contributed by atoms with Gasteiger partial charge in [0.2, 0.25) is 0 Å². The van der Waals surface area contributed by atoms with Crippen LogP contribution in [-0.4, -0.2) is 19.6 Å². The Hall–Kier alpha value is -1.09. The molecule has 110 valence electrons. The van der Waals surface area contributed by atoms with Crippen LogP contribution in [0.25, 0.3) is 0 Å². The van der Waals surface area contributed by atoms with Crippen molar-refractivity contribution in [2.24, 2.45) is 5.92 Å². The number of benzene rings is 1. The summed E-state index contributed by atoms with van der Waals surface area (Å²) < 4.78 is 14.5. The van der Waals surface area contributed by atoms with Crippen molar-refractivity contribution >= 4 is 5.69 Å². The molecule has 1 saturated heterocycles. The lowest BCUT2D eigenvalue weighted by atomic mass is 9.91. The summed E-state index contributed by atoms with van der Waals surface area (Å²) in [4.78, 5) is 2.34. The lowest BCUT2D eigenvalue weighted by Crippen LogP contribution is -2.43. The van der Waals surface area contributed by atoms with Crippen molar-refractivity contribution in [1.82, 2.24) is 5.32 Å². The van der Waals surface area contributed by atoms with E-state index in [0.29, 0.717) is 6.04 Å². The van der Waals surface area contributed by atoms with Crippen LogP contribution in [0.2, 0.25) is 0 Å². The molecule has 1 N–H and O–H groups in total. The van der Waals surface area contributed by atoms with Gasteiger partial charge in [-0.2, -0.15) is 0 Å². The Morgan fingerprint density at radius 1 is 1.25 bits per heavy atom. The number of rotatable bonds is 3. The van der Waals surface area contributed by atoms with Gasteiger partial charge < -0.3 is 10.2 Å². The Kier molecular flexibility index (Phi) is 3.97. The van der Waals surface area contributed by atoms with Crippen molar-refractivity contribution in [2.45, 2.75) is 51.1 Å². The molecule has 0 spiro atoms. The summed E-state index contributed by atoms with van der Waals surface area (Å²) in [6.45, 7) is 3.07. The Bertz CT molecular complexity index is 474. The smallest absolute Gasteiger partial charge is 0.146 e. The zero-order valence-electron chi connectivity index (χ0n) is 12.5. The first-order valence-corrected chi connectivity index (χ1v) is 7.94. The van der Waals surface area contributed by atoms with Crippen LogP contribution in [0.5, 0.6) is 0 Å². The van der Waals surface area contributed by atoms with Gasteiger partial charge in [0.15, 0.2) is 0 Å². The molecule has 1 saturated carbocycles. The standard InChI is InChI=1S/C17H25FN2/c1-12(19-2)14-8-9-17(15(18)11-14)20-10-4-6-13-5-3-7-16(13)20/h8-9,11-13,16,19H,3-7,10H2,1-2H3. The van der Waals surface area contributed by atoms with Gasteiger partial charge in [-0.25, -0.2) is 4.39 Å². The molecule has 2 fully saturated rings. The van der Waals surface area contributed by atoms with Crippen LogP contribution in [0.15, 0.2) is 18.2 Å². The maximum Gasteiger partial charge on any atom is 0.146 e. The van der Waals surface area contributed by atoms with Crippen LogP contribution < -0.4 is 10.2 Å². The predicted octanol–water partition coefficient (Wildman–Crippen LogP) is 3.88. The summed E-state index contributed by atoms with van der Waals surface area (Å²) in [7, 11) is 1.91. The zero-order valence-corrected chi connectivity index (χ0v) is 12.5. The van der Waals surface area contributed by atoms with Crippen LogP contribution in [0, 0.1) is 11.7 Å². The molecule has 1 heterocycles. The van der Waals surface area contributed by atoms with Crippen molar-refractivity contribution in [3.05, 3.63) is 29.6 Å². The molecule has 0 amide bonds. The Labute approximate surface area is 121 Å². The maximum atomic E-state index is 14.5. The molecule has 20 heavy (non-hydrogen) atoms. The molecule has 3 rings (SSSR count). The van der Waals surface area contributed by atoms with E-state index < -0.39 is 0 Å². The van der Waals surface area contributed by atoms with Crippen molar-refractivity contribution in [3.63, 3.8) is 0 Å². The van der Waals surface area contributed by atoms with E-state index in [2.05, 4.69) is 23.2 Å². The molecule has 1 aromatic rings. The lowest BCUT2D eigenvalue weighted by molar-refractivity contribution is 0.359. The van der Waals surface area contributed by atoms with E-state index in [-0.39, 0.29) is 11.9 Å². The number of piperidine rings is 1. The average molecular weight is 276 g/mol. The highest BCUT2D eigenvalue weighted by Crippen LogP contribution is 2.40. The van der Waals surface area contributed by atoms with E-state index in [1.54, 1.807) is 6.07 Å². The van der Waals surface area contributed by atoms with Crippen LogP contribution >= 0.6 is 0 Å². The van der Waals surface area contributed by atoms with E-state index in [4.69, 9.17) is 0 Å². The monoisotopic (exact) mass is 276 g/mol. The highest BCUT2D eigenvalue weighted by molar-refractivity contribution is 5.51. The van der Waals surface area contributed by atoms with Gasteiger partial charge >= 0.3 is 0 Å². The third-order valence-corrected chi connectivity index (χ3v) is 5.21. The van der Waals surface area contributed by atoms with E-state index in [1.807, 2.05) is 13.1 Å². The van der Waals surface area contributed by atoms with Crippen LogP contribution in [0.4, 0.5) is 10.1 Å². The molecular formula is C17H25FN2. The van der Waals surface area contributed by atoms with Gasteiger partial charge in [-0.15, -0.1) is 0 Å². The number of anilines is 1. The van der Waals surface area contributed by atoms with Gasteiger partial charge in [0, 0.05) is 18.6 Å². The van der Waals surface area contributed by atoms with Crippen molar-refractivity contribution in [1.29, 1.82) is 0 Å². The van der Waals surface area contributed by atoms with Crippen molar-refractivity contribution in [2.75, 3.05) is 18.5 Å². The minimum Gasteiger partial charge on any atom is -0.366 e. The first kappa shape index (κ1) is 13.9. The minimum atomic E-state index is -0.0582. The van der Waals surface area contributed by atoms with Gasteiger partial charge in [-0.05, 0) is 63.3 Å². The van der Waals surface area contributed by atoms with Gasteiger partial charge in [0.1, 0.15) is 5.82 Å². The number of hydrogen-bond acceptors (Lipinski definition) is 2. The summed E-state index contributed by atoms with van der Waals surface area (Å²) in [5, 5.41) is 3.16. The maximum absolute atomic E-state index is 14.5. The Morgan fingerprint density at radius 3 is 2.80 bits per heavy atom. The molecule has 0 radical (unpaired) electrons. The Balaban J connectivity index is 1.86. The fraction of sp³-hybridized carbons (Fsp3) is 0.647. The molecule has 2 nitrogen and oxygen atoms in total. The molecule has 2 aliphatic rings. The molecule has 1 aromatic carbocycles. The second kappa shape index (κ2) is 5.72. The largest absolute Gasteiger partial charge is 0.366 e. The van der Waals surface area contributed by atoms with E-state index >= 15 is 0 Å². The quantitative estimate of drug-likeness (QED) is 0.901. The van der Waals surface area contributed by atoms with E-state index in [9.17, 15) is 4.39 Å². The third-order valence-electron chi connectivity index (χ3n) is 5.21. The van der Waals surface area contributed by atoms with Crippen LogP contribution in [0.1, 0.15) is 50.6 Å². The molecule has 3 unspecified atom stereocenters. The summed E-state index contributed by atoms with van der Waals surface area (Å²) in [5.74, 6) is 0.733. The minimum absolute atomic E-state index is 0.0582. The van der Waals surface area contributed by atoms with Gasteiger partial charge in [-0.1, -0.05) is 12.5 Å². The van der Waals surface area contributed by atoms with E-state index in [0.717, 1.165) is 23.7 Å². The van der Waals surface area contributed by atoms with Gasteiger partial charge in [0.05, 0.1) is 5.69 Å². The fourth-order valence-corrected chi connectivity index (χ4v) is 3.95. The summed E-state index contributed by atoms with van der Waals surface area (Å²) in [5.41, 5.74) is 1.84. The molecule has 1 aliphatic carbocycles. The summed E-state index contributed by atoms with van der Waals surface area (Å²) in [6, 6.07) is 6.52. The number of hydrogen-bond donors (Lipinski definition) is 1. The molecular weight excluding hydrogens is 251 g/mol. The SMILES string of the molecule is CNC(C)c1ccc(N2CCCC3CCCC32)c(F)c1. The van der Waals surface area contributed by atoms with Crippen LogP contribution in [0.3, 0.4) is 0 Å². The molecule has 0 bridgehead atoms. The topological polar surface area (TPSA) is 15.3 Å². The summed E-state index contributed by atoms with van der Waals surface area (Å²) >= 11 is 0. The summed E-state index contributed by atoms with van der Waals surface area (Å²) in [6.07, 6.45) is 6.41. The molecule has 0 aromatic heterocycles. The fourth-order valence-electron chi connectivity index (χ4n) is 3.95. The van der Waals surface area contributed by atoms with Crippen LogP contribution in [-0.2, 0) is 0 Å². The first-order chi connectivity index (χ1) is 9.70. The van der Waals surface area contributed by atoms with E-state index in [1.165, 1.54) is 32.1 Å².